The molecular weight excluding hydrogens is 252 g/mol. The first-order valence-electron chi connectivity index (χ1n) is 5.66. The van der Waals surface area contributed by atoms with Gasteiger partial charge in [-0.25, -0.2) is 0 Å². The normalized spacial score (nSPS) is 11.0. The van der Waals surface area contributed by atoms with Crippen molar-refractivity contribution in [1.82, 2.24) is 0 Å². The van der Waals surface area contributed by atoms with E-state index >= 15 is 0 Å². The van der Waals surface area contributed by atoms with Gasteiger partial charge < -0.3 is 9.00 Å². The summed E-state index contributed by atoms with van der Waals surface area (Å²) in [7, 11) is -4.49. The zero-order chi connectivity index (χ0) is 12.7. The Morgan fingerprint density at radius 2 is 1.88 bits per heavy atom. The summed E-state index contributed by atoms with van der Waals surface area (Å²) in [6.07, 6.45) is 1.03. The average Bonchev–Trinajstić information content (AvgIpc) is 2.28. The summed E-state index contributed by atoms with van der Waals surface area (Å²) >= 11 is 0. The Bertz CT molecular complexity index is 354. The van der Waals surface area contributed by atoms with Crippen LogP contribution < -0.4 is 4.43 Å². The Morgan fingerprint density at radius 3 is 2.47 bits per heavy atom. The lowest BCUT2D eigenvalue weighted by molar-refractivity contribution is -0.135. The maximum Gasteiger partial charge on any atom is 0.805 e. The lowest BCUT2D eigenvalue weighted by atomic mass is 10.3. The van der Waals surface area contributed by atoms with Crippen molar-refractivity contribution in [2.24, 2.45) is 0 Å². The maximum absolute atomic E-state index is 11.5. The van der Waals surface area contributed by atoms with E-state index in [4.69, 9.17) is 13.6 Å². The van der Waals surface area contributed by atoms with Gasteiger partial charge in [-0.3, -0.25) is 9.04 Å². The molecule has 0 saturated carbocycles. The van der Waals surface area contributed by atoms with E-state index in [0.717, 1.165) is 12.5 Å². The van der Waals surface area contributed by atoms with E-state index in [0.29, 0.717) is 5.75 Å². The zero-order valence-electron chi connectivity index (χ0n) is 10.4. The fourth-order valence-corrected chi connectivity index (χ4v) is 4.22. The van der Waals surface area contributed by atoms with E-state index in [1.165, 1.54) is 0 Å². The highest BCUT2D eigenvalue weighted by molar-refractivity contribution is 6.71. The van der Waals surface area contributed by atoms with Crippen LogP contribution in [0.2, 0.25) is 19.1 Å². The summed E-state index contributed by atoms with van der Waals surface area (Å²) < 4.78 is 26.7. The molecule has 0 amide bonds. The number of para-hydroxylation sites is 1. The first-order chi connectivity index (χ1) is 8.03. The molecule has 0 aliphatic heterocycles. The van der Waals surface area contributed by atoms with Gasteiger partial charge >= 0.3 is 9.17 Å². The number of hydrogen-bond donors (Lipinski definition) is 0. The van der Waals surface area contributed by atoms with Crippen molar-refractivity contribution in [3.63, 3.8) is 0 Å². The molecule has 0 heterocycles. The SMILES string of the molecule is CCC[Si](C)(C)OO[Si](=O)Oc1ccccc1. The second kappa shape index (κ2) is 6.68. The van der Waals surface area contributed by atoms with Crippen molar-refractivity contribution in [2.45, 2.75) is 32.5 Å². The molecule has 0 unspecified atom stereocenters. The Kier molecular flexibility index (Phi) is 5.53. The minimum absolute atomic E-state index is 0.523. The molecule has 1 rings (SSSR count). The second-order valence-electron chi connectivity index (χ2n) is 4.34. The molecule has 0 aromatic heterocycles. The van der Waals surface area contributed by atoms with Gasteiger partial charge in [0.1, 0.15) is 5.75 Å². The largest absolute Gasteiger partial charge is 0.805 e. The van der Waals surface area contributed by atoms with Crippen LogP contribution in [0.15, 0.2) is 30.3 Å². The molecule has 0 atom stereocenters. The minimum atomic E-state index is -2.63. The molecule has 0 aliphatic rings. The standard InChI is InChI=1S/C11H18O4Si2/c1-4-10-17(2,3)15-14-16(12)13-11-8-6-5-7-9-11/h5-9H,4,10H2,1-3H3. The van der Waals surface area contributed by atoms with Gasteiger partial charge in [0.2, 0.25) is 8.32 Å². The third-order valence-electron chi connectivity index (χ3n) is 2.13. The molecule has 0 bridgehead atoms. The summed E-state index contributed by atoms with van der Waals surface area (Å²) in [5, 5.41) is 0. The summed E-state index contributed by atoms with van der Waals surface area (Å²) in [5.74, 6) is 0.523. The lowest BCUT2D eigenvalue weighted by Crippen LogP contribution is -2.33. The highest BCUT2D eigenvalue weighted by Crippen LogP contribution is 2.14. The minimum Gasteiger partial charge on any atom is -0.458 e. The van der Waals surface area contributed by atoms with Gasteiger partial charge in [-0.15, -0.1) is 0 Å². The fraction of sp³-hybridized carbons (Fsp3) is 0.455. The van der Waals surface area contributed by atoms with Gasteiger partial charge in [0, 0.05) is 0 Å². The molecule has 0 saturated heterocycles. The maximum atomic E-state index is 11.5. The van der Waals surface area contributed by atoms with Crippen LogP contribution in [0.25, 0.3) is 0 Å². The van der Waals surface area contributed by atoms with Crippen molar-refractivity contribution in [3.05, 3.63) is 30.3 Å². The zero-order valence-corrected chi connectivity index (χ0v) is 12.4. The first-order valence-corrected chi connectivity index (χ1v) is 10.00. The number of benzene rings is 1. The predicted molar refractivity (Wildman–Crippen MR) is 68.3 cm³/mol. The van der Waals surface area contributed by atoms with Crippen molar-refractivity contribution in [1.29, 1.82) is 0 Å². The molecule has 4 nitrogen and oxygen atoms in total. The number of hydrogen-bond acceptors (Lipinski definition) is 4. The van der Waals surface area contributed by atoms with Crippen LogP contribution in [0, 0.1) is 0 Å². The third-order valence-corrected chi connectivity index (χ3v) is 5.16. The Balaban J connectivity index is 2.36. The predicted octanol–water partition coefficient (Wildman–Crippen LogP) is 3.04. The lowest BCUT2D eigenvalue weighted by Gasteiger charge is -2.19. The van der Waals surface area contributed by atoms with Crippen LogP contribution in [0.3, 0.4) is 0 Å². The van der Waals surface area contributed by atoms with Gasteiger partial charge in [0.25, 0.3) is 0 Å². The molecule has 17 heavy (non-hydrogen) atoms. The summed E-state index contributed by atoms with van der Waals surface area (Å²) in [4.78, 5) is 0. The summed E-state index contributed by atoms with van der Waals surface area (Å²) in [5.41, 5.74) is 0. The van der Waals surface area contributed by atoms with Crippen LogP contribution in [0.5, 0.6) is 5.75 Å². The van der Waals surface area contributed by atoms with Gasteiger partial charge in [0.05, 0.1) is 0 Å². The summed E-state index contributed by atoms with van der Waals surface area (Å²) in [6.45, 7) is 6.13. The highest BCUT2D eigenvalue weighted by atomic mass is 28.4. The quantitative estimate of drug-likeness (QED) is 0.434. The molecule has 6 heteroatoms. The van der Waals surface area contributed by atoms with Crippen molar-refractivity contribution >= 4 is 17.5 Å². The van der Waals surface area contributed by atoms with Crippen molar-refractivity contribution in [2.75, 3.05) is 0 Å². The molecule has 0 N–H and O–H groups in total. The molecule has 1 aromatic carbocycles. The molecule has 0 fully saturated rings. The topological polar surface area (TPSA) is 44.8 Å². The number of rotatable bonds is 7. The van der Waals surface area contributed by atoms with E-state index in [2.05, 4.69) is 6.92 Å². The van der Waals surface area contributed by atoms with Crippen LogP contribution in [-0.4, -0.2) is 17.5 Å². The Labute approximate surface area is 104 Å². The van der Waals surface area contributed by atoms with Crippen LogP contribution in [0.4, 0.5) is 0 Å². The van der Waals surface area contributed by atoms with Crippen LogP contribution in [-0.2, 0) is 13.6 Å². The first kappa shape index (κ1) is 14.1. The van der Waals surface area contributed by atoms with E-state index in [1.807, 2.05) is 19.2 Å². The third kappa shape index (κ3) is 5.76. The molecule has 0 aliphatic carbocycles. The second-order valence-corrected chi connectivity index (χ2v) is 9.40. The van der Waals surface area contributed by atoms with Crippen LogP contribution in [0.1, 0.15) is 13.3 Å². The molecule has 94 valence electrons. The van der Waals surface area contributed by atoms with Gasteiger partial charge in [-0.2, -0.15) is 0 Å². The molecule has 0 radical (unpaired) electrons. The van der Waals surface area contributed by atoms with E-state index < -0.39 is 17.5 Å². The van der Waals surface area contributed by atoms with Gasteiger partial charge in [-0.05, 0) is 31.3 Å². The summed E-state index contributed by atoms with van der Waals surface area (Å²) in [6, 6.07) is 9.88. The average molecular weight is 270 g/mol. The van der Waals surface area contributed by atoms with Gasteiger partial charge in [0.15, 0.2) is 0 Å². The Hall–Kier alpha value is -0.986. The van der Waals surface area contributed by atoms with E-state index in [-0.39, 0.29) is 0 Å². The van der Waals surface area contributed by atoms with E-state index in [9.17, 15) is 4.46 Å². The Morgan fingerprint density at radius 1 is 1.24 bits per heavy atom. The smallest absolute Gasteiger partial charge is 0.458 e. The monoisotopic (exact) mass is 270 g/mol. The fourth-order valence-electron chi connectivity index (χ4n) is 1.39. The molecule has 1 aromatic rings. The molecular formula is C11H18O4Si2. The van der Waals surface area contributed by atoms with Gasteiger partial charge in [-0.1, -0.05) is 31.5 Å². The highest BCUT2D eigenvalue weighted by Gasteiger charge is 2.27. The van der Waals surface area contributed by atoms with Crippen molar-refractivity contribution in [3.8, 4) is 5.75 Å². The van der Waals surface area contributed by atoms with Crippen LogP contribution >= 0.6 is 0 Å². The van der Waals surface area contributed by atoms with Crippen molar-refractivity contribution < 1.29 is 18.0 Å². The molecule has 0 spiro atoms. The van der Waals surface area contributed by atoms with E-state index in [1.54, 1.807) is 24.3 Å².